The molecule has 0 unspecified atom stereocenters. The van der Waals surface area contributed by atoms with Gasteiger partial charge >= 0.3 is 5.97 Å². The molecular weight excluding hydrogens is 522 g/mol. The van der Waals surface area contributed by atoms with Crippen LogP contribution in [0.4, 0.5) is 0 Å². The Morgan fingerprint density at radius 3 is 2.46 bits per heavy atom. The molecule has 0 heterocycles. The van der Waals surface area contributed by atoms with Gasteiger partial charge in [-0.2, -0.15) is 5.10 Å². The maximum Gasteiger partial charge on any atom is 0.343 e. The summed E-state index contributed by atoms with van der Waals surface area (Å²) in [4.78, 5) is 37.5. The number of unbranched alkanes of at least 4 members (excludes halogenated alkanes) is 1. The molecule has 0 radical (unpaired) electrons. The molecule has 4 rings (SSSR count). The fourth-order valence-electron chi connectivity index (χ4n) is 3.93. The van der Waals surface area contributed by atoms with Gasteiger partial charge in [0.25, 0.3) is 11.8 Å². The first-order chi connectivity index (χ1) is 20.0. The standard InChI is InChI=1S/C32H31N3O6/c1-3-4-18-40-25-15-13-24(14-16-25)32(38)41-28-17-12-22(19-29(28)39-2)20-34-35-30(36)21-33-31(37)27-11-7-9-23-8-5-6-10-26(23)27/h5-17,19-20H,3-4,18,21H2,1-2H3,(H,33,37)(H,35,36)/b34-20-. The van der Waals surface area contributed by atoms with E-state index in [0.29, 0.717) is 34.8 Å². The van der Waals surface area contributed by atoms with Crippen LogP contribution in [0.2, 0.25) is 0 Å². The van der Waals surface area contributed by atoms with Crippen LogP contribution in [0.1, 0.15) is 46.0 Å². The molecule has 2 N–H and O–H groups in total. The van der Waals surface area contributed by atoms with E-state index in [1.165, 1.54) is 13.3 Å². The van der Waals surface area contributed by atoms with Crippen LogP contribution in [0.5, 0.6) is 17.2 Å². The second-order valence-electron chi connectivity index (χ2n) is 9.03. The monoisotopic (exact) mass is 553 g/mol. The summed E-state index contributed by atoms with van der Waals surface area (Å²) in [7, 11) is 1.45. The van der Waals surface area contributed by atoms with Gasteiger partial charge in [-0.05, 0) is 71.3 Å². The molecule has 0 fully saturated rings. The lowest BCUT2D eigenvalue weighted by Crippen LogP contribution is -2.35. The van der Waals surface area contributed by atoms with Gasteiger partial charge in [-0.1, -0.05) is 49.7 Å². The molecule has 0 spiro atoms. The summed E-state index contributed by atoms with van der Waals surface area (Å²) < 4.78 is 16.5. The lowest BCUT2D eigenvalue weighted by atomic mass is 10.0. The first kappa shape index (κ1) is 28.8. The number of methoxy groups -OCH3 is 1. The number of nitrogens with one attached hydrogen (secondary N) is 2. The van der Waals surface area contributed by atoms with Gasteiger partial charge in [0.15, 0.2) is 11.5 Å². The van der Waals surface area contributed by atoms with E-state index in [1.54, 1.807) is 54.6 Å². The average Bonchev–Trinajstić information content (AvgIpc) is 3.00. The number of amides is 2. The minimum atomic E-state index is -0.539. The third-order valence-corrected chi connectivity index (χ3v) is 6.09. The molecule has 0 aliphatic rings. The number of carbonyl (C=O) groups is 3. The molecule has 4 aromatic carbocycles. The van der Waals surface area contributed by atoms with Crippen LogP contribution >= 0.6 is 0 Å². The lowest BCUT2D eigenvalue weighted by molar-refractivity contribution is -0.120. The van der Waals surface area contributed by atoms with Crippen LogP contribution in [0.3, 0.4) is 0 Å². The van der Waals surface area contributed by atoms with Crippen LogP contribution < -0.4 is 25.0 Å². The van der Waals surface area contributed by atoms with Crippen LogP contribution in [0, 0.1) is 0 Å². The van der Waals surface area contributed by atoms with Crippen molar-refractivity contribution >= 4 is 34.8 Å². The van der Waals surface area contributed by atoms with Gasteiger partial charge in [-0.3, -0.25) is 9.59 Å². The Morgan fingerprint density at radius 2 is 1.68 bits per heavy atom. The van der Waals surface area contributed by atoms with Crippen molar-refractivity contribution < 1.29 is 28.6 Å². The number of benzene rings is 4. The van der Waals surface area contributed by atoms with Crippen molar-refractivity contribution in [3.63, 3.8) is 0 Å². The fraction of sp³-hybridized carbons (Fsp3) is 0.188. The number of ether oxygens (including phenoxy) is 3. The van der Waals surface area contributed by atoms with E-state index >= 15 is 0 Å². The van der Waals surface area contributed by atoms with E-state index in [9.17, 15) is 14.4 Å². The maximum absolute atomic E-state index is 12.6. The normalized spacial score (nSPS) is 10.8. The number of hydrazone groups is 1. The largest absolute Gasteiger partial charge is 0.494 e. The van der Waals surface area contributed by atoms with Gasteiger partial charge in [-0.15, -0.1) is 0 Å². The van der Waals surface area contributed by atoms with E-state index in [0.717, 1.165) is 23.6 Å². The molecule has 0 saturated heterocycles. The van der Waals surface area contributed by atoms with Crippen LogP contribution in [-0.4, -0.2) is 44.3 Å². The first-order valence-electron chi connectivity index (χ1n) is 13.2. The van der Waals surface area contributed by atoms with Crippen molar-refractivity contribution in [2.24, 2.45) is 5.10 Å². The predicted molar refractivity (Wildman–Crippen MR) is 157 cm³/mol. The van der Waals surface area contributed by atoms with Crippen LogP contribution in [0.25, 0.3) is 10.8 Å². The molecule has 9 nitrogen and oxygen atoms in total. The second kappa shape index (κ2) is 14.3. The number of carbonyl (C=O) groups excluding carboxylic acids is 3. The molecule has 41 heavy (non-hydrogen) atoms. The van der Waals surface area contributed by atoms with Crippen LogP contribution in [0.15, 0.2) is 90.0 Å². The van der Waals surface area contributed by atoms with Gasteiger partial charge in [0.05, 0.1) is 32.0 Å². The number of fused-ring (bicyclic) bond motifs is 1. The van der Waals surface area contributed by atoms with Crippen molar-refractivity contribution in [2.45, 2.75) is 19.8 Å². The third-order valence-electron chi connectivity index (χ3n) is 6.09. The molecule has 0 bridgehead atoms. The van der Waals surface area contributed by atoms with Gasteiger partial charge in [0.2, 0.25) is 0 Å². The Labute approximate surface area is 238 Å². The molecule has 2 amide bonds. The van der Waals surface area contributed by atoms with E-state index in [4.69, 9.17) is 14.2 Å². The van der Waals surface area contributed by atoms with Gasteiger partial charge in [-0.25, -0.2) is 10.2 Å². The first-order valence-corrected chi connectivity index (χ1v) is 13.2. The SMILES string of the molecule is CCCCOc1ccc(C(=O)Oc2ccc(/C=N\NC(=O)CNC(=O)c3cccc4ccccc34)cc2OC)cc1. The predicted octanol–water partition coefficient (Wildman–Crippen LogP) is 5.13. The molecular formula is C32H31N3O6. The Hall–Kier alpha value is -5.18. The van der Waals surface area contributed by atoms with Crippen molar-refractivity contribution in [2.75, 3.05) is 20.3 Å². The Balaban J connectivity index is 1.29. The zero-order chi connectivity index (χ0) is 29.0. The molecule has 0 saturated carbocycles. The van der Waals surface area contributed by atoms with E-state index < -0.39 is 11.9 Å². The van der Waals surface area contributed by atoms with Gasteiger partial charge in [0, 0.05) is 5.56 Å². The zero-order valence-corrected chi connectivity index (χ0v) is 22.9. The van der Waals surface area contributed by atoms with Crippen molar-refractivity contribution in [3.05, 3.63) is 102 Å². The summed E-state index contributed by atoms with van der Waals surface area (Å²) in [5, 5.41) is 8.29. The summed E-state index contributed by atoms with van der Waals surface area (Å²) in [5.41, 5.74) is 3.83. The minimum Gasteiger partial charge on any atom is -0.494 e. The maximum atomic E-state index is 12.6. The molecule has 210 valence electrons. The van der Waals surface area contributed by atoms with Gasteiger partial charge < -0.3 is 19.5 Å². The fourth-order valence-corrected chi connectivity index (χ4v) is 3.93. The summed E-state index contributed by atoms with van der Waals surface area (Å²) >= 11 is 0. The minimum absolute atomic E-state index is 0.234. The number of nitrogens with zero attached hydrogens (tertiary/aromatic N) is 1. The highest BCUT2D eigenvalue weighted by Crippen LogP contribution is 2.28. The highest BCUT2D eigenvalue weighted by molar-refractivity contribution is 6.07. The molecule has 0 atom stereocenters. The second-order valence-corrected chi connectivity index (χ2v) is 9.03. The highest BCUT2D eigenvalue weighted by Gasteiger charge is 2.14. The summed E-state index contributed by atoms with van der Waals surface area (Å²) in [6.45, 7) is 2.47. The Kier molecular flexibility index (Phi) is 10.0. The lowest BCUT2D eigenvalue weighted by Gasteiger charge is -2.10. The van der Waals surface area contributed by atoms with E-state index in [1.807, 2.05) is 30.3 Å². The van der Waals surface area contributed by atoms with Crippen molar-refractivity contribution in [1.82, 2.24) is 10.7 Å². The molecule has 4 aromatic rings. The van der Waals surface area contributed by atoms with Crippen molar-refractivity contribution in [1.29, 1.82) is 0 Å². The number of hydrogen-bond donors (Lipinski definition) is 2. The third kappa shape index (κ3) is 7.92. The van der Waals surface area contributed by atoms with Crippen LogP contribution in [-0.2, 0) is 4.79 Å². The molecule has 0 aliphatic carbocycles. The zero-order valence-electron chi connectivity index (χ0n) is 22.9. The quantitative estimate of drug-likeness (QED) is 0.0827. The Bertz CT molecular complexity index is 1540. The average molecular weight is 554 g/mol. The molecule has 9 heteroatoms. The molecule has 0 aliphatic heterocycles. The number of esters is 1. The van der Waals surface area contributed by atoms with Gasteiger partial charge in [0.1, 0.15) is 5.75 Å². The highest BCUT2D eigenvalue weighted by atomic mass is 16.6. The topological polar surface area (TPSA) is 115 Å². The van der Waals surface area contributed by atoms with Crippen molar-refractivity contribution in [3.8, 4) is 17.2 Å². The van der Waals surface area contributed by atoms with E-state index in [2.05, 4.69) is 22.8 Å². The summed E-state index contributed by atoms with van der Waals surface area (Å²) in [5.74, 6) is -0.145. The molecule has 0 aromatic heterocycles. The summed E-state index contributed by atoms with van der Waals surface area (Å²) in [6.07, 6.45) is 3.41. The smallest absolute Gasteiger partial charge is 0.343 e. The Morgan fingerprint density at radius 1 is 0.902 bits per heavy atom. The number of hydrogen-bond acceptors (Lipinski definition) is 7. The number of rotatable bonds is 12. The summed E-state index contributed by atoms with van der Waals surface area (Å²) in [6, 6.07) is 24.6. The van der Waals surface area contributed by atoms with E-state index in [-0.39, 0.29) is 18.2 Å².